The monoisotopic (exact) mass is 323 g/mol. The van der Waals surface area contributed by atoms with Crippen molar-refractivity contribution in [3.63, 3.8) is 0 Å². The summed E-state index contributed by atoms with van der Waals surface area (Å²) in [7, 11) is 0. The first kappa shape index (κ1) is 13.6. The third kappa shape index (κ3) is 2.77. The molecule has 1 unspecified atom stereocenters. The zero-order valence-electron chi connectivity index (χ0n) is 10.4. The zero-order valence-corrected chi connectivity index (χ0v) is 12.7. The van der Waals surface area contributed by atoms with Crippen molar-refractivity contribution in [1.82, 2.24) is 0 Å². The summed E-state index contributed by atoms with van der Waals surface area (Å²) >= 11 is 9.55. The highest BCUT2D eigenvalue weighted by atomic mass is 79.9. The molecule has 0 aliphatic heterocycles. The van der Waals surface area contributed by atoms with E-state index in [-0.39, 0.29) is 6.04 Å². The van der Waals surface area contributed by atoms with Gasteiger partial charge in [-0.05, 0) is 54.3 Å². The standard InChI is InChI=1S/C15H15BrClN/c1-9-3-4-11(7-10(9)2)15(18)13-8-12(17)5-6-14(13)16/h3-8,15H,18H2,1-2H3. The summed E-state index contributed by atoms with van der Waals surface area (Å²) in [6.45, 7) is 4.19. The SMILES string of the molecule is Cc1ccc(C(N)c2cc(Cl)ccc2Br)cc1C. The van der Waals surface area contributed by atoms with Crippen molar-refractivity contribution in [2.75, 3.05) is 0 Å². The molecule has 2 aromatic rings. The fourth-order valence-electron chi connectivity index (χ4n) is 1.89. The van der Waals surface area contributed by atoms with Crippen LogP contribution in [0.15, 0.2) is 40.9 Å². The normalized spacial score (nSPS) is 12.5. The van der Waals surface area contributed by atoms with Crippen molar-refractivity contribution in [3.8, 4) is 0 Å². The van der Waals surface area contributed by atoms with Gasteiger partial charge in [0.05, 0.1) is 6.04 Å². The molecule has 2 N–H and O–H groups in total. The molecule has 0 fully saturated rings. The number of hydrogen-bond donors (Lipinski definition) is 1. The van der Waals surface area contributed by atoms with Gasteiger partial charge in [0, 0.05) is 9.50 Å². The molecule has 2 rings (SSSR count). The lowest BCUT2D eigenvalue weighted by atomic mass is 9.96. The van der Waals surface area contributed by atoms with Crippen molar-refractivity contribution < 1.29 is 0 Å². The highest BCUT2D eigenvalue weighted by Gasteiger charge is 2.13. The lowest BCUT2D eigenvalue weighted by Crippen LogP contribution is -2.12. The average Bonchev–Trinajstić information content (AvgIpc) is 2.35. The van der Waals surface area contributed by atoms with Crippen LogP contribution in [0.2, 0.25) is 5.02 Å². The Labute approximate surface area is 121 Å². The molecule has 0 aliphatic carbocycles. The van der Waals surface area contributed by atoms with Gasteiger partial charge in [-0.1, -0.05) is 45.7 Å². The second-order valence-electron chi connectivity index (χ2n) is 4.49. The van der Waals surface area contributed by atoms with Gasteiger partial charge in [0.2, 0.25) is 0 Å². The Morgan fingerprint density at radius 3 is 2.44 bits per heavy atom. The van der Waals surface area contributed by atoms with Gasteiger partial charge >= 0.3 is 0 Å². The van der Waals surface area contributed by atoms with Gasteiger partial charge in [0.15, 0.2) is 0 Å². The van der Waals surface area contributed by atoms with E-state index in [0.29, 0.717) is 5.02 Å². The molecule has 0 amide bonds. The van der Waals surface area contributed by atoms with Crippen LogP contribution in [0.3, 0.4) is 0 Å². The summed E-state index contributed by atoms with van der Waals surface area (Å²) in [5, 5.41) is 0.701. The molecule has 2 aromatic carbocycles. The van der Waals surface area contributed by atoms with Gasteiger partial charge in [0.1, 0.15) is 0 Å². The maximum absolute atomic E-state index is 6.32. The summed E-state index contributed by atoms with van der Waals surface area (Å²) in [4.78, 5) is 0. The fraction of sp³-hybridized carbons (Fsp3) is 0.200. The quantitative estimate of drug-likeness (QED) is 0.846. The van der Waals surface area contributed by atoms with Gasteiger partial charge < -0.3 is 5.73 Å². The van der Waals surface area contributed by atoms with E-state index in [2.05, 4.69) is 48.0 Å². The number of aryl methyl sites for hydroxylation is 2. The Kier molecular flexibility index (Phi) is 4.10. The van der Waals surface area contributed by atoms with Crippen LogP contribution in [0.1, 0.15) is 28.3 Å². The van der Waals surface area contributed by atoms with Crippen molar-refractivity contribution in [2.45, 2.75) is 19.9 Å². The van der Waals surface area contributed by atoms with Crippen molar-refractivity contribution in [1.29, 1.82) is 0 Å². The number of hydrogen-bond acceptors (Lipinski definition) is 1. The summed E-state index contributed by atoms with van der Waals surface area (Å²) in [5.41, 5.74) is 10.9. The Morgan fingerprint density at radius 1 is 1.06 bits per heavy atom. The van der Waals surface area contributed by atoms with Gasteiger partial charge in [-0.25, -0.2) is 0 Å². The molecule has 1 nitrogen and oxygen atoms in total. The Balaban J connectivity index is 2.44. The molecule has 3 heteroatoms. The van der Waals surface area contributed by atoms with Crippen molar-refractivity contribution in [2.24, 2.45) is 5.73 Å². The molecule has 0 bridgehead atoms. The van der Waals surface area contributed by atoms with E-state index in [1.807, 2.05) is 18.2 Å². The van der Waals surface area contributed by atoms with Crippen LogP contribution in [0, 0.1) is 13.8 Å². The lowest BCUT2D eigenvalue weighted by Gasteiger charge is -2.16. The maximum atomic E-state index is 6.32. The molecular formula is C15H15BrClN. The van der Waals surface area contributed by atoms with Gasteiger partial charge in [-0.15, -0.1) is 0 Å². The van der Waals surface area contributed by atoms with E-state index in [1.165, 1.54) is 11.1 Å². The van der Waals surface area contributed by atoms with Crippen LogP contribution >= 0.6 is 27.5 Å². The topological polar surface area (TPSA) is 26.0 Å². The van der Waals surface area contributed by atoms with Crippen LogP contribution in [0.4, 0.5) is 0 Å². The highest BCUT2D eigenvalue weighted by Crippen LogP contribution is 2.30. The molecule has 1 atom stereocenters. The molecule has 18 heavy (non-hydrogen) atoms. The molecule has 0 heterocycles. The predicted molar refractivity (Wildman–Crippen MR) is 81.1 cm³/mol. The van der Waals surface area contributed by atoms with E-state index in [9.17, 15) is 0 Å². The Morgan fingerprint density at radius 2 is 1.78 bits per heavy atom. The van der Waals surface area contributed by atoms with Crippen LogP contribution in [0.5, 0.6) is 0 Å². The largest absolute Gasteiger partial charge is 0.320 e. The van der Waals surface area contributed by atoms with Crippen LogP contribution in [-0.2, 0) is 0 Å². The van der Waals surface area contributed by atoms with E-state index < -0.39 is 0 Å². The van der Waals surface area contributed by atoms with Crippen LogP contribution < -0.4 is 5.73 Å². The molecule has 0 saturated heterocycles. The highest BCUT2D eigenvalue weighted by molar-refractivity contribution is 9.10. The number of rotatable bonds is 2. The average molecular weight is 325 g/mol. The number of benzene rings is 2. The predicted octanol–water partition coefficient (Wildman–Crippen LogP) is 4.77. The summed E-state index contributed by atoms with van der Waals surface area (Å²) < 4.78 is 0.984. The van der Waals surface area contributed by atoms with Crippen molar-refractivity contribution in [3.05, 3.63) is 68.1 Å². The lowest BCUT2D eigenvalue weighted by molar-refractivity contribution is 0.863. The first-order chi connectivity index (χ1) is 8.49. The Bertz CT molecular complexity index is 581. The summed E-state index contributed by atoms with van der Waals surface area (Å²) in [5.74, 6) is 0. The minimum Gasteiger partial charge on any atom is -0.320 e. The molecule has 0 aromatic heterocycles. The maximum Gasteiger partial charge on any atom is 0.0563 e. The molecule has 0 spiro atoms. The minimum absolute atomic E-state index is 0.169. The van der Waals surface area contributed by atoms with Crippen LogP contribution in [-0.4, -0.2) is 0 Å². The van der Waals surface area contributed by atoms with Crippen molar-refractivity contribution >= 4 is 27.5 Å². The third-order valence-corrected chi connectivity index (χ3v) is 4.14. The first-order valence-electron chi connectivity index (χ1n) is 5.76. The number of halogens is 2. The number of nitrogens with two attached hydrogens (primary N) is 1. The van der Waals surface area contributed by atoms with E-state index >= 15 is 0 Å². The minimum atomic E-state index is -0.169. The molecule has 0 radical (unpaired) electrons. The molecule has 0 aliphatic rings. The molecule has 0 saturated carbocycles. The third-order valence-electron chi connectivity index (χ3n) is 3.18. The van der Waals surface area contributed by atoms with E-state index in [1.54, 1.807) is 0 Å². The van der Waals surface area contributed by atoms with E-state index in [4.69, 9.17) is 17.3 Å². The molecule has 94 valence electrons. The zero-order chi connectivity index (χ0) is 13.3. The second-order valence-corrected chi connectivity index (χ2v) is 5.78. The summed E-state index contributed by atoms with van der Waals surface area (Å²) in [6.07, 6.45) is 0. The van der Waals surface area contributed by atoms with Gasteiger partial charge in [0.25, 0.3) is 0 Å². The fourth-order valence-corrected chi connectivity index (χ4v) is 2.56. The Hall–Kier alpha value is -0.830. The van der Waals surface area contributed by atoms with Gasteiger partial charge in [-0.3, -0.25) is 0 Å². The van der Waals surface area contributed by atoms with E-state index in [0.717, 1.165) is 15.6 Å². The smallest absolute Gasteiger partial charge is 0.0563 e. The summed E-state index contributed by atoms with van der Waals surface area (Å²) in [6, 6.07) is 11.8. The van der Waals surface area contributed by atoms with Gasteiger partial charge in [-0.2, -0.15) is 0 Å². The second kappa shape index (κ2) is 5.43. The first-order valence-corrected chi connectivity index (χ1v) is 6.94. The molecular weight excluding hydrogens is 310 g/mol. The van der Waals surface area contributed by atoms with Crippen LogP contribution in [0.25, 0.3) is 0 Å².